The van der Waals surface area contributed by atoms with E-state index in [-0.39, 0.29) is 50.9 Å². The normalized spacial score (nSPS) is 10.8. The zero-order valence-corrected chi connectivity index (χ0v) is 26.4. The Kier molecular flexibility index (Phi) is 23.1. The fourth-order valence-corrected chi connectivity index (χ4v) is 3.84. The van der Waals surface area contributed by atoms with Crippen LogP contribution < -0.4 is 15.4 Å². The molecule has 2 amide bonds. The summed E-state index contributed by atoms with van der Waals surface area (Å²) in [4.78, 5) is 47.7. The van der Waals surface area contributed by atoms with Crippen molar-refractivity contribution in [2.24, 2.45) is 0 Å². The van der Waals surface area contributed by atoms with Crippen molar-refractivity contribution in [3.8, 4) is 5.75 Å². The van der Waals surface area contributed by atoms with Crippen LogP contribution in [0.15, 0.2) is 24.3 Å². The highest BCUT2D eigenvalue weighted by molar-refractivity contribution is 5.80. The molecule has 13 nitrogen and oxygen atoms in total. The van der Waals surface area contributed by atoms with Gasteiger partial charge in [-0.2, -0.15) is 0 Å². The number of amides is 2. The minimum absolute atomic E-state index is 0.00783. The summed E-state index contributed by atoms with van der Waals surface area (Å²) in [5.41, 5.74) is 1.17. The van der Waals surface area contributed by atoms with E-state index in [1.54, 1.807) is 21.0 Å². The van der Waals surface area contributed by atoms with Crippen molar-refractivity contribution in [2.45, 2.75) is 58.4 Å². The van der Waals surface area contributed by atoms with Gasteiger partial charge >= 0.3 is 11.9 Å². The van der Waals surface area contributed by atoms with Gasteiger partial charge in [-0.25, -0.2) is 0 Å². The van der Waals surface area contributed by atoms with E-state index in [0.717, 1.165) is 18.6 Å². The van der Waals surface area contributed by atoms with E-state index in [1.165, 1.54) is 5.56 Å². The average Bonchev–Trinajstić information content (AvgIpc) is 2.99. The van der Waals surface area contributed by atoms with Crippen molar-refractivity contribution >= 4 is 23.8 Å². The van der Waals surface area contributed by atoms with Gasteiger partial charge in [0.15, 0.2) is 0 Å². The van der Waals surface area contributed by atoms with Crippen LogP contribution in [0.25, 0.3) is 0 Å². The molecule has 250 valence electrons. The summed E-state index contributed by atoms with van der Waals surface area (Å²) in [5, 5.41) is 5.51. The largest absolute Gasteiger partial charge is 0.497 e. The fraction of sp³-hybridized carbons (Fsp3) is 0.677. The molecular formula is C31H50N2O11. The number of methoxy groups -OCH3 is 1. The van der Waals surface area contributed by atoms with E-state index in [1.807, 2.05) is 24.3 Å². The SMILES string of the molecule is CCOC(=O)CC(CC(=O)OCC)NC(=O)CCOCCOCCOCCOCCNC(=O)CCCc1ccc(OC)cc1. The molecule has 0 fully saturated rings. The molecule has 0 unspecified atom stereocenters. The number of nitrogens with one attached hydrogen (secondary N) is 2. The summed E-state index contributed by atoms with van der Waals surface area (Å²) in [7, 11) is 1.63. The van der Waals surface area contributed by atoms with Crippen LogP contribution in [0.5, 0.6) is 5.75 Å². The molecule has 0 aliphatic rings. The lowest BCUT2D eigenvalue weighted by molar-refractivity contribution is -0.146. The summed E-state index contributed by atoms with van der Waals surface area (Å²) >= 11 is 0. The second kappa shape index (κ2) is 26.2. The standard InChI is InChI=1S/C31H50N2O11/c1-4-43-30(36)23-26(24-31(37)44-5-2)33-29(35)13-15-39-17-19-41-21-22-42-20-18-40-16-14-32-28(34)8-6-7-25-9-11-27(38-3)12-10-25/h9-12,26H,4-8,13-24H2,1-3H3,(H,32,34)(H,33,35). The highest BCUT2D eigenvalue weighted by Gasteiger charge is 2.21. The van der Waals surface area contributed by atoms with Crippen molar-refractivity contribution in [3.63, 3.8) is 0 Å². The van der Waals surface area contributed by atoms with E-state index < -0.39 is 18.0 Å². The van der Waals surface area contributed by atoms with Crippen molar-refractivity contribution in [1.29, 1.82) is 0 Å². The van der Waals surface area contributed by atoms with Crippen LogP contribution in [0.3, 0.4) is 0 Å². The van der Waals surface area contributed by atoms with Crippen LogP contribution in [0.2, 0.25) is 0 Å². The van der Waals surface area contributed by atoms with Gasteiger partial charge in [-0.15, -0.1) is 0 Å². The predicted octanol–water partition coefficient (Wildman–Crippen LogP) is 1.98. The predicted molar refractivity (Wildman–Crippen MR) is 161 cm³/mol. The molecule has 1 aromatic rings. The highest BCUT2D eigenvalue weighted by atomic mass is 16.6. The van der Waals surface area contributed by atoms with Gasteiger partial charge in [-0.05, 0) is 44.4 Å². The van der Waals surface area contributed by atoms with Crippen molar-refractivity contribution in [3.05, 3.63) is 29.8 Å². The molecule has 0 saturated carbocycles. The number of hydrogen-bond donors (Lipinski definition) is 2. The molecule has 0 aliphatic carbocycles. The Morgan fingerprint density at radius 2 is 1.20 bits per heavy atom. The fourth-order valence-electron chi connectivity index (χ4n) is 3.84. The molecule has 0 radical (unpaired) electrons. The van der Waals surface area contributed by atoms with Crippen LogP contribution in [0, 0.1) is 0 Å². The minimum Gasteiger partial charge on any atom is -0.497 e. The van der Waals surface area contributed by atoms with E-state index in [0.29, 0.717) is 59.2 Å². The van der Waals surface area contributed by atoms with E-state index in [9.17, 15) is 19.2 Å². The zero-order valence-electron chi connectivity index (χ0n) is 26.4. The van der Waals surface area contributed by atoms with Gasteiger partial charge in [0.05, 0.1) is 86.0 Å². The van der Waals surface area contributed by atoms with Crippen molar-refractivity contribution < 1.29 is 52.3 Å². The van der Waals surface area contributed by atoms with Gasteiger partial charge in [-0.1, -0.05) is 12.1 Å². The number of carbonyl (C=O) groups excluding carboxylic acids is 4. The summed E-state index contributed by atoms with van der Waals surface area (Å²) in [6.07, 6.45) is 1.91. The van der Waals surface area contributed by atoms with E-state index in [4.69, 9.17) is 33.2 Å². The lowest BCUT2D eigenvalue weighted by Gasteiger charge is -2.17. The molecule has 1 aromatic carbocycles. The lowest BCUT2D eigenvalue weighted by Crippen LogP contribution is -2.39. The van der Waals surface area contributed by atoms with E-state index in [2.05, 4.69) is 10.6 Å². The molecule has 0 aliphatic heterocycles. The van der Waals surface area contributed by atoms with Crippen molar-refractivity contribution in [1.82, 2.24) is 10.6 Å². The maximum Gasteiger partial charge on any atom is 0.307 e. The monoisotopic (exact) mass is 626 g/mol. The Balaban J connectivity index is 1.93. The van der Waals surface area contributed by atoms with Gasteiger partial charge in [0.25, 0.3) is 0 Å². The Morgan fingerprint density at radius 1 is 0.682 bits per heavy atom. The third kappa shape index (κ3) is 21.4. The number of carbonyl (C=O) groups is 4. The molecule has 0 saturated heterocycles. The first-order valence-corrected chi connectivity index (χ1v) is 15.2. The molecule has 0 spiro atoms. The Morgan fingerprint density at radius 3 is 1.73 bits per heavy atom. The third-order valence-electron chi connectivity index (χ3n) is 5.99. The first-order valence-electron chi connectivity index (χ1n) is 15.2. The number of esters is 2. The Hall–Kier alpha value is -3.26. The lowest BCUT2D eigenvalue weighted by atomic mass is 10.1. The molecule has 13 heteroatoms. The van der Waals surface area contributed by atoms with Crippen LogP contribution in [-0.4, -0.2) is 110 Å². The maximum atomic E-state index is 12.2. The van der Waals surface area contributed by atoms with Gasteiger partial charge in [0.2, 0.25) is 11.8 Å². The summed E-state index contributed by atoms with van der Waals surface area (Å²) in [6, 6.07) is 7.14. The highest BCUT2D eigenvalue weighted by Crippen LogP contribution is 2.13. The van der Waals surface area contributed by atoms with Crippen LogP contribution in [0.4, 0.5) is 0 Å². The molecule has 0 atom stereocenters. The van der Waals surface area contributed by atoms with Gasteiger partial charge in [-0.3, -0.25) is 19.2 Å². The Labute approximate surface area is 260 Å². The van der Waals surface area contributed by atoms with Crippen LogP contribution >= 0.6 is 0 Å². The molecular weight excluding hydrogens is 576 g/mol. The van der Waals surface area contributed by atoms with Gasteiger partial charge in [0.1, 0.15) is 5.75 Å². The first-order chi connectivity index (χ1) is 21.4. The second-order valence-electron chi connectivity index (χ2n) is 9.53. The number of rotatable bonds is 27. The van der Waals surface area contributed by atoms with Gasteiger partial charge in [0, 0.05) is 25.4 Å². The second-order valence-corrected chi connectivity index (χ2v) is 9.53. The number of hydrogen-bond acceptors (Lipinski definition) is 11. The topological polar surface area (TPSA) is 157 Å². The zero-order chi connectivity index (χ0) is 32.3. The van der Waals surface area contributed by atoms with Crippen LogP contribution in [-0.2, 0) is 54.0 Å². The Bertz CT molecular complexity index is 908. The molecule has 44 heavy (non-hydrogen) atoms. The summed E-state index contributed by atoms with van der Waals surface area (Å²) in [6.45, 7) is 7.09. The summed E-state index contributed by atoms with van der Waals surface area (Å²) < 4.78 is 36.7. The molecule has 1 rings (SSSR count). The maximum absolute atomic E-state index is 12.2. The first kappa shape index (κ1) is 38.8. The number of benzene rings is 1. The third-order valence-corrected chi connectivity index (χ3v) is 5.99. The molecule has 0 bridgehead atoms. The molecule has 2 N–H and O–H groups in total. The minimum atomic E-state index is -0.707. The number of aryl methyl sites for hydroxylation is 1. The van der Waals surface area contributed by atoms with E-state index >= 15 is 0 Å². The van der Waals surface area contributed by atoms with Crippen molar-refractivity contribution in [2.75, 3.05) is 79.7 Å². The number of ether oxygens (including phenoxy) is 7. The molecule has 0 heterocycles. The molecule has 0 aromatic heterocycles. The quantitative estimate of drug-likeness (QED) is 0.109. The summed E-state index contributed by atoms with van der Waals surface area (Å²) in [5.74, 6) is -0.515. The van der Waals surface area contributed by atoms with Gasteiger partial charge < -0.3 is 43.8 Å². The average molecular weight is 627 g/mol. The smallest absolute Gasteiger partial charge is 0.307 e. The van der Waals surface area contributed by atoms with Crippen LogP contribution in [0.1, 0.15) is 51.5 Å².